The molecule has 0 saturated carbocycles. The summed E-state index contributed by atoms with van der Waals surface area (Å²) in [5, 5.41) is 6.88. The second-order valence-electron chi connectivity index (χ2n) is 8.81. The fraction of sp³-hybridized carbons (Fsp3) is 0.222. The van der Waals surface area contributed by atoms with E-state index in [2.05, 4.69) is 20.6 Å². The molecule has 1 aromatic heterocycles. The summed E-state index contributed by atoms with van der Waals surface area (Å²) in [6.07, 6.45) is -2.42. The number of rotatable bonds is 6. The number of anilines is 3. The zero-order valence-electron chi connectivity index (χ0n) is 19.6. The van der Waals surface area contributed by atoms with Crippen LogP contribution >= 0.6 is 11.6 Å². The van der Waals surface area contributed by atoms with Crippen molar-refractivity contribution >= 4 is 45.9 Å². The Kier molecular flexibility index (Phi) is 6.88. The molecule has 0 aliphatic carbocycles. The topological polar surface area (TPSA) is 70.2 Å². The van der Waals surface area contributed by atoms with Crippen molar-refractivity contribution in [3.05, 3.63) is 88.4 Å². The molecule has 1 amide bonds. The first-order valence-electron chi connectivity index (χ1n) is 11.8. The molecule has 5 rings (SSSR count). The molecule has 0 atom stereocenters. The standard InChI is InChI=1S/C27H23ClF3N5O/c28-20-8-5-18(6-9-20)25(37)33-21-10-3-17(4-11-21)16-32-24-22-15-19(27(29,30)31)7-12-23(22)34-26(35-24)36-13-1-2-14-36/h3-12,15H,1-2,13-14,16H2,(H,33,37)(H,32,34,35). The van der Waals surface area contributed by atoms with Crippen LogP contribution in [0.15, 0.2) is 66.7 Å². The van der Waals surface area contributed by atoms with Crippen molar-refractivity contribution in [2.24, 2.45) is 0 Å². The van der Waals surface area contributed by atoms with Crippen LogP contribution in [0.4, 0.5) is 30.6 Å². The predicted octanol–water partition coefficient (Wildman–Crippen LogP) is 6.77. The average Bonchev–Trinajstić information content (AvgIpc) is 3.43. The van der Waals surface area contributed by atoms with E-state index in [4.69, 9.17) is 11.6 Å². The molecule has 0 radical (unpaired) electrons. The minimum Gasteiger partial charge on any atom is -0.365 e. The molecule has 2 heterocycles. The Morgan fingerprint density at radius 2 is 1.65 bits per heavy atom. The van der Waals surface area contributed by atoms with Crippen LogP contribution in [0.1, 0.15) is 34.3 Å². The highest BCUT2D eigenvalue weighted by molar-refractivity contribution is 6.30. The van der Waals surface area contributed by atoms with Crippen molar-refractivity contribution in [2.75, 3.05) is 28.6 Å². The SMILES string of the molecule is O=C(Nc1ccc(CNc2nc(N3CCCC3)nc3ccc(C(F)(F)F)cc23)cc1)c1ccc(Cl)cc1. The molecule has 10 heteroatoms. The first kappa shape index (κ1) is 24.8. The van der Waals surface area contributed by atoms with E-state index in [0.29, 0.717) is 45.5 Å². The molecule has 1 fully saturated rings. The summed E-state index contributed by atoms with van der Waals surface area (Å²) < 4.78 is 40.1. The van der Waals surface area contributed by atoms with Gasteiger partial charge in [-0.05, 0) is 73.0 Å². The van der Waals surface area contributed by atoms with Gasteiger partial charge in [-0.3, -0.25) is 4.79 Å². The number of aromatic nitrogens is 2. The minimum atomic E-state index is -4.47. The fourth-order valence-corrected chi connectivity index (χ4v) is 4.31. The van der Waals surface area contributed by atoms with Crippen LogP contribution in [-0.4, -0.2) is 29.0 Å². The number of nitrogens with zero attached hydrogens (tertiary/aromatic N) is 3. The van der Waals surface area contributed by atoms with E-state index >= 15 is 0 Å². The summed E-state index contributed by atoms with van der Waals surface area (Å²) in [5.74, 6) is 0.593. The summed E-state index contributed by atoms with van der Waals surface area (Å²) in [6, 6.07) is 17.3. The number of carbonyl (C=O) groups is 1. The number of amides is 1. The van der Waals surface area contributed by atoms with Gasteiger partial charge in [0.25, 0.3) is 5.91 Å². The van der Waals surface area contributed by atoms with Crippen molar-refractivity contribution in [1.29, 1.82) is 0 Å². The smallest absolute Gasteiger partial charge is 0.365 e. The first-order chi connectivity index (χ1) is 17.8. The number of carbonyl (C=O) groups excluding carboxylic acids is 1. The van der Waals surface area contributed by atoms with Crippen LogP contribution in [0.5, 0.6) is 0 Å². The maximum absolute atomic E-state index is 13.4. The minimum absolute atomic E-state index is 0.259. The fourth-order valence-electron chi connectivity index (χ4n) is 4.18. The van der Waals surface area contributed by atoms with Crippen LogP contribution in [0.2, 0.25) is 5.02 Å². The highest BCUT2D eigenvalue weighted by atomic mass is 35.5. The highest BCUT2D eigenvalue weighted by Gasteiger charge is 2.31. The summed E-state index contributed by atoms with van der Waals surface area (Å²) in [5.41, 5.74) is 1.67. The van der Waals surface area contributed by atoms with E-state index in [1.165, 1.54) is 6.07 Å². The van der Waals surface area contributed by atoms with Gasteiger partial charge in [-0.2, -0.15) is 18.2 Å². The van der Waals surface area contributed by atoms with Crippen LogP contribution in [0.3, 0.4) is 0 Å². The zero-order valence-corrected chi connectivity index (χ0v) is 20.4. The van der Waals surface area contributed by atoms with Crippen molar-refractivity contribution < 1.29 is 18.0 Å². The Hall–Kier alpha value is -3.85. The third-order valence-corrected chi connectivity index (χ3v) is 6.43. The van der Waals surface area contributed by atoms with Crippen molar-refractivity contribution in [2.45, 2.75) is 25.6 Å². The Labute approximate surface area is 216 Å². The molecule has 1 aliphatic rings. The Morgan fingerprint density at radius 3 is 2.32 bits per heavy atom. The van der Waals surface area contributed by atoms with Gasteiger partial charge in [-0.1, -0.05) is 23.7 Å². The molecule has 1 aliphatic heterocycles. The molecule has 4 aromatic rings. The number of fused-ring (bicyclic) bond motifs is 1. The van der Waals surface area contributed by atoms with E-state index in [-0.39, 0.29) is 5.91 Å². The van der Waals surface area contributed by atoms with E-state index in [1.807, 2.05) is 17.0 Å². The maximum Gasteiger partial charge on any atom is 0.416 e. The molecule has 0 spiro atoms. The summed E-state index contributed by atoms with van der Waals surface area (Å²) in [7, 11) is 0. The monoisotopic (exact) mass is 525 g/mol. The summed E-state index contributed by atoms with van der Waals surface area (Å²) in [4.78, 5) is 23.6. The third-order valence-electron chi connectivity index (χ3n) is 6.18. The third kappa shape index (κ3) is 5.77. The molecule has 0 unspecified atom stereocenters. The molecule has 0 bridgehead atoms. The van der Waals surface area contributed by atoms with Crippen LogP contribution in [0, 0.1) is 0 Å². The lowest BCUT2D eigenvalue weighted by molar-refractivity contribution is -0.137. The second kappa shape index (κ2) is 10.3. The number of halogens is 4. The largest absolute Gasteiger partial charge is 0.416 e. The Balaban J connectivity index is 1.35. The van der Waals surface area contributed by atoms with Gasteiger partial charge >= 0.3 is 6.18 Å². The molecule has 3 aromatic carbocycles. The quantitative estimate of drug-likeness (QED) is 0.291. The molecule has 37 heavy (non-hydrogen) atoms. The van der Waals surface area contributed by atoms with Gasteiger partial charge in [0.2, 0.25) is 5.95 Å². The van der Waals surface area contributed by atoms with Gasteiger partial charge in [0.05, 0.1) is 11.1 Å². The number of alkyl halides is 3. The van der Waals surface area contributed by atoms with Crippen molar-refractivity contribution in [3.63, 3.8) is 0 Å². The molecule has 1 saturated heterocycles. The molecule has 190 valence electrons. The lowest BCUT2D eigenvalue weighted by Gasteiger charge is -2.18. The zero-order chi connectivity index (χ0) is 26.0. The van der Waals surface area contributed by atoms with E-state index in [0.717, 1.165) is 43.6 Å². The van der Waals surface area contributed by atoms with Gasteiger partial charge in [0.15, 0.2) is 0 Å². The molecule has 2 N–H and O–H groups in total. The number of hydrogen-bond acceptors (Lipinski definition) is 5. The second-order valence-corrected chi connectivity index (χ2v) is 9.24. The lowest BCUT2D eigenvalue weighted by atomic mass is 10.1. The normalized spacial score (nSPS) is 13.7. The maximum atomic E-state index is 13.4. The van der Waals surface area contributed by atoms with Gasteiger partial charge in [-0.25, -0.2) is 4.98 Å². The number of hydrogen-bond donors (Lipinski definition) is 2. The summed E-state index contributed by atoms with van der Waals surface area (Å²) in [6.45, 7) is 1.96. The molecule has 6 nitrogen and oxygen atoms in total. The van der Waals surface area contributed by atoms with Crippen LogP contribution in [0.25, 0.3) is 10.9 Å². The van der Waals surface area contributed by atoms with E-state index < -0.39 is 11.7 Å². The van der Waals surface area contributed by atoms with Gasteiger partial charge < -0.3 is 15.5 Å². The molecular formula is C27H23ClF3N5O. The van der Waals surface area contributed by atoms with Gasteiger partial charge in [0.1, 0.15) is 5.82 Å². The first-order valence-corrected chi connectivity index (χ1v) is 12.2. The van der Waals surface area contributed by atoms with Gasteiger partial charge in [0, 0.05) is 41.3 Å². The lowest BCUT2D eigenvalue weighted by Crippen LogP contribution is -2.21. The van der Waals surface area contributed by atoms with Crippen molar-refractivity contribution in [1.82, 2.24) is 9.97 Å². The average molecular weight is 526 g/mol. The number of nitrogens with one attached hydrogen (secondary N) is 2. The number of benzene rings is 3. The van der Waals surface area contributed by atoms with Crippen LogP contribution in [-0.2, 0) is 12.7 Å². The van der Waals surface area contributed by atoms with E-state index in [1.54, 1.807) is 36.4 Å². The Morgan fingerprint density at radius 1 is 0.946 bits per heavy atom. The predicted molar refractivity (Wildman–Crippen MR) is 139 cm³/mol. The van der Waals surface area contributed by atoms with Gasteiger partial charge in [-0.15, -0.1) is 0 Å². The van der Waals surface area contributed by atoms with Crippen molar-refractivity contribution in [3.8, 4) is 0 Å². The van der Waals surface area contributed by atoms with E-state index in [9.17, 15) is 18.0 Å². The molecular weight excluding hydrogens is 503 g/mol. The highest BCUT2D eigenvalue weighted by Crippen LogP contribution is 2.34. The summed E-state index contributed by atoms with van der Waals surface area (Å²) >= 11 is 5.87. The Bertz CT molecular complexity index is 1420. The van der Waals surface area contributed by atoms with Crippen LogP contribution < -0.4 is 15.5 Å².